The van der Waals surface area contributed by atoms with Crippen LogP contribution in [0, 0.1) is 5.92 Å². The van der Waals surface area contributed by atoms with Crippen molar-refractivity contribution >= 4 is 5.91 Å². The summed E-state index contributed by atoms with van der Waals surface area (Å²) in [6, 6.07) is 4.04. The van der Waals surface area contributed by atoms with Crippen molar-refractivity contribution in [3.05, 3.63) is 30.1 Å². The number of pyridine rings is 1. The maximum Gasteiger partial charge on any atom is 0.227 e. The fraction of sp³-hybridized carbons (Fsp3) is 0.600. The summed E-state index contributed by atoms with van der Waals surface area (Å²) < 4.78 is 0. The van der Waals surface area contributed by atoms with E-state index in [1.54, 1.807) is 12.4 Å². The molecule has 19 heavy (non-hydrogen) atoms. The van der Waals surface area contributed by atoms with Crippen LogP contribution >= 0.6 is 0 Å². The summed E-state index contributed by atoms with van der Waals surface area (Å²) in [5, 5.41) is 12.2. The molecule has 1 aromatic rings. The van der Waals surface area contributed by atoms with Gasteiger partial charge < -0.3 is 10.4 Å². The van der Waals surface area contributed by atoms with E-state index in [0.717, 1.165) is 31.2 Å². The zero-order valence-electron chi connectivity index (χ0n) is 11.4. The Morgan fingerprint density at radius 3 is 2.79 bits per heavy atom. The number of amides is 1. The van der Waals surface area contributed by atoms with E-state index in [1.807, 2.05) is 19.1 Å². The Bertz CT molecular complexity index is 400. The number of rotatable bonds is 4. The Morgan fingerprint density at radius 2 is 2.21 bits per heavy atom. The molecule has 104 valence electrons. The first-order chi connectivity index (χ1) is 9.20. The predicted octanol–water partition coefficient (Wildman–Crippen LogP) is 1.85. The summed E-state index contributed by atoms with van der Waals surface area (Å²) in [7, 11) is 0. The number of aliphatic hydroxyl groups is 1. The molecule has 1 saturated carbocycles. The number of hydrogen-bond donors (Lipinski definition) is 2. The molecular weight excluding hydrogens is 240 g/mol. The van der Waals surface area contributed by atoms with Gasteiger partial charge in [-0.3, -0.25) is 9.78 Å². The first-order valence-corrected chi connectivity index (χ1v) is 7.02. The molecule has 0 aromatic carbocycles. The highest BCUT2D eigenvalue weighted by atomic mass is 16.3. The third-order valence-corrected chi connectivity index (χ3v) is 4.03. The first-order valence-electron chi connectivity index (χ1n) is 7.02. The van der Waals surface area contributed by atoms with Gasteiger partial charge in [-0.2, -0.15) is 0 Å². The Morgan fingerprint density at radius 1 is 1.47 bits per heavy atom. The normalized spacial score (nSPS) is 24.7. The highest BCUT2D eigenvalue weighted by Gasteiger charge is 2.24. The minimum absolute atomic E-state index is 0.0699. The molecular formula is C15H22N2O2. The van der Waals surface area contributed by atoms with Crippen molar-refractivity contribution in [2.75, 3.05) is 6.61 Å². The number of nitrogens with one attached hydrogen (secondary N) is 1. The molecule has 2 rings (SSSR count). The van der Waals surface area contributed by atoms with Gasteiger partial charge >= 0.3 is 0 Å². The Labute approximate surface area is 114 Å². The molecule has 4 heteroatoms. The van der Waals surface area contributed by atoms with Crippen LogP contribution in [0.2, 0.25) is 0 Å². The summed E-state index contributed by atoms with van der Waals surface area (Å²) in [6.07, 6.45) is 7.40. The summed E-state index contributed by atoms with van der Waals surface area (Å²) in [5.74, 6) is 0.327. The summed E-state index contributed by atoms with van der Waals surface area (Å²) >= 11 is 0. The molecule has 4 nitrogen and oxygen atoms in total. The number of aliphatic hydroxyl groups excluding tert-OH is 1. The molecule has 0 spiro atoms. The lowest BCUT2D eigenvalue weighted by atomic mass is 9.86. The van der Waals surface area contributed by atoms with Crippen LogP contribution in [0.3, 0.4) is 0 Å². The van der Waals surface area contributed by atoms with Crippen molar-refractivity contribution in [1.82, 2.24) is 10.3 Å². The number of carbonyl (C=O) groups is 1. The lowest BCUT2D eigenvalue weighted by Gasteiger charge is -2.28. The van der Waals surface area contributed by atoms with Crippen LogP contribution in [0.5, 0.6) is 0 Å². The molecule has 0 bridgehead atoms. The maximum atomic E-state index is 12.2. The fourth-order valence-corrected chi connectivity index (χ4v) is 2.60. The second-order valence-electron chi connectivity index (χ2n) is 5.42. The lowest BCUT2D eigenvalue weighted by molar-refractivity contribution is -0.123. The average Bonchev–Trinajstić information content (AvgIpc) is 2.48. The molecule has 1 aliphatic rings. The van der Waals surface area contributed by atoms with Gasteiger partial charge in [-0.1, -0.05) is 6.07 Å². The van der Waals surface area contributed by atoms with E-state index < -0.39 is 0 Å². The van der Waals surface area contributed by atoms with Crippen molar-refractivity contribution in [3.63, 3.8) is 0 Å². The van der Waals surface area contributed by atoms with Gasteiger partial charge in [0, 0.05) is 25.0 Å². The van der Waals surface area contributed by atoms with E-state index in [0.29, 0.717) is 5.92 Å². The van der Waals surface area contributed by atoms with Crippen LogP contribution in [0.1, 0.15) is 44.1 Å². The van der Waals surface area contributed by atoms with Gasteiger partial charge in [0.2, 0.25) is 5.91 Å². The van der Waals surface area contributed by atoms with E-state index in [-0.39, 0.29) is 24.5 Å². The van der Waals surface area contributed by atoms with Crippen molar-refractivity contribution < 1.29 is 9.90 Å². The SMILES string of the molecule is CC(C(=O)NC1CCC(CO)CC1)c1cccnc1. The predicted molar refractivity (Wildman–Crippen MR) is 73.6 cm³/mol. The van der Waals surface area contributed by atoms with Gasteiger partial charge in [0.25, 0.3) is 0 Å². The molecule has 1 aromatic heterocycles. The second kappa shape index (κ2) is 6.66. The molecule has 0 aliphatic heterocycles. The van der Waals surface area contributed by atoms with Crippen LogP contribution in [-0.2, 0) is 4.79 Å². The monoisotopic (exact) mass is 262 g/mol. The van der Waals surface area contributed by atoms with Crippen LogP contribution in [0.15, 0.2) is 24.5 Å². The highest BCUT2D eigenvalue weighted by molar-refractivity contribution is 5.83. The zero-order chi connectivity index (χ0) is 13.7. The van der Waals surface area contributed by atoms with Crippen molar-refractivity contribution in [3.8, 4) is 0 Å². The van der Waals surface area contributed by atoms with Gasteiger partial charge in [0.15, 0.2) is 0 Å². The molecule has 1 amide bonds. The molecule has 1 atom stereocenters. The van der Waals surface area contributed by atoms with Crippen molar-refractivity contribution in [2.45, 2.75) is 44.6 Å². The first kappa shape index (κ1) is 14.0. The van der Waals surface area contributed by atoms with Crippen LogP contribution < -0.4 is 5.32 Å². The van der Waals surface area contributed by atoms with Crippen molar-refractivity contribution in [1.29, 1.82) is 0 Å². The topological polar surface area (TPSA) is 62.2 Å². The fourth-order valence-electron chi connectivity index (χ4n) is 2.60. The molecule has 1 heterocycles. The number of nitrogens with zero attached hydrogens (tertiary/aromatic N) is 1. The van der Waals surface area contributed by atoms with Crippen molar-refractivity contribution in [2.24, 2.45) is 5.92 Å². The Hall–Kier alpha value is -1.42. The third kappa shape index (κ3) is 3.77. The third-order valence-electron chi connectivity index (χ3n) is 4.03. The van der Waals surface area contributed by atoms with Gasteiger partial charge in [0.05, 0.1) is 5.92 Å². The standard InChI is InChI=1S/C15H22N2O2/c1-11(13-3-2-8-16-9-13)15(19)17-14-6-4-12(10-18)5-7-14/h2-3,8-9,11-12,14,18H,4-7,10H2,1H3,(H,17,19). The smallest absolute Gasteiger partial charge is 0.227 e. The van der Waals surface area contributed by atoms with Gasteiger partial charge in [-0.05, 0) is 50.2 Å². The minimum atomic E-state index is -0.163. The van der Waals surface area contributed by atoms with Crippen LogP contribution in [0.4, 0.5) is 0 Å². The maximum absolute atomic E-state index is 12.2. The average molecular weight is 262 g/mol. The lowest BCUT2D eigenvalue weighted by Crippen LogP contribution is -2.40. The van der Waals surface area contributed by atoms with E-state index in [1.165, 1.54) is 0 Å². The quantitative estimate of drug-likeness (QED) is 0.870. The van der Waals surface area contributed by atoms with E-state index in [9.17, 15) is 4.79 Å². The molecule has 0 saturated heterocycles. The van der Waals surface area contributed by atoms with E-state index in [2.05, 4.69) is 10.3 Å². The largest absolute Gasteiger partial charge is 0.396 e. The molecule has 2 N–H and O–H groups in total. The van der Waals surface area contributed by atoms with Gasteiger partial charge in [0.1, 0.15) is 0 Å². The molecule has 0 radical (unpaired) electrons. The van der Waals surface area contributed by atoms with E-state index >= 15 is 0 Å². The van der Waals surface area contributed by atoms with Crippen LogP contribution in [0.25, 0.3) is 0 Å². The summed E-state index contributed by atoms with van der Waals surface area (Å²) in [6.45, 7) is 2.18. The molecule has 1 unspecified atom stereocenters. The number of aromatic nitrogens is 1. The second-order valence-corrected chi connectivity index (χ2v) is 5.42. The minimum Gasteiger partial charge on any atom is -0.396 e. The van der Waals surface area contributed by atoms with Crippen LogP contribution in [-0.4, -0.2) is 28.6 Å². The van der Waals surface area contributed by atoms with Gasteiger partial charge in [-0.15, -0.1) is 0 Å². The summed E-state index contributed by atoms with van der Waals surface area (Å²) in [4.78, 5) is 16.2. The number of carbonyl (C=O) groups excluding carboxylic acids is 1. The molecule has 1 aliphatic carbocycles. The highest BCUT2D eigenvalue weighted by Crippen LogP contribution is 2.24. The summed E-state index contributed by atoms with van der Waals surface area (Å²) in [5.41, 5.74) is 0.948. The van der Waals surface area contributed by atoms with Gasteiger partial charge in [-0.25, -0.2) is 0 Å². The molecule has 1 fully saturated rings. The Balaban J connectivity index is 1.85. The Kier molecular flexibility index (Phi) is 4.91. The zero-order valence-corrected chi connectivity index (χ0v) is 11.4. The number of hydrogen-bond acceptors (Lipinski definition) is 3. The van der Waals surface area contributed by atoms with E-state index in [4.69, 9.17) is 5.11 Å².